The number of hydrogen-bond donors (Lipinski definition) is 1. The standard InChI is InChI=1S/C19H19N3O3S/c1-4-12-5-7-13(8-6-12)22-18(24)15(17(23)20-19(22)26)11-14-9-10-16(25-14)21(2)3/h5-11H,4H2,1-3H3,(H,20,23,26)/b15-11+. The third-order valence-electron chi connectivity index (χ3n) is 4.04. The van der Waals surface area contributed by atoms with E-state index in [1.807, 2.05) is 38.4 Å². The first-order valence-corrected chi connectivity index (χ1v) is 8.59. The Labute approximate surface area is 157 Å². The van der Waals surface area contributed by atoms with Gasteiger partial charge in [0.2, 0.25) is 0 Å². The van der Waals surface area contributed by atoms with Crippen molar-refractivity contribution < 1.29 is 14.0 Å². The van der Waals surface area contributed by atoms with Crippen LogP contribution in [0.3, 0.4) is 0 Å². The SMILES string of the molecule is CCc1ccc(N2C(=O)/C(=C/c3ccc(N(C)C)o3)C(=O)NC2=S)cc1. The predicted molar refractivity (Wildman–Crippen MR) is 105 cm³/mol. The molecule has 2 heterocycles. The summed E-state index contributed by atoms with van der Waals surface area (Å²) in [6, 6.07) is 11.0. The second kappa shape index (κ2) is 7.13. The molecule has 3 rings (SSSR count). The number of benzene rings is 1. The Morgan fingerprint density at radius 1 is 1.15 bits per heavy atom. The van der Waals surface area contributed by atoms with Crippen molar-refractivity contribution in [3.63, 3.8) is 0 Å². The maximum Gasteiger partial charge on any atom is 0.270 e. The van der Waals surface area contributed by atoms with Gasteiger partial charge in [0.25, 0.3) is 11.8 Å². The lowest BCUT2D eigenvalue weighted by atomic mass is 10.1. The van der Waals surface area contributed by atoms with Gasteiger partial charge in [-0.15, -0.1) is 0 Å². The van der Waals surface area contributed by atoms with E-state index >= 15 is 0 Å². The Bertz CT molecular complexity index is 897. The Morgan fingerprint density at radius 2 is 1.85 bits per heavy atom. The zero-order valence-electron chi connectivity index (χ0n) is 14.8. The van der Waals surface area contributed by atoms with Crippen LogP contribution in [-0.4, -0.2) is 31.0 Å². The third-order valence-corrected chi connectivity index (χ3v) is 4.33. The number of nitrogens with one attached hydrogen (secondary N) is 1. The number of hydrogen-bond acceptors (Lipinski definition) is 5. The molecule has 1 aromatic heterocycles. The smallest absolute Gasteiger partial charge is 0.270 e. The van der Waals surface area contributed by atoms with E-state index in [-0.39, 0.29) is 10.7 Å². The molecule has 1 aliphatic rings. The fourth-order valence-corrected chi connectivity index (χ4v) is 2.86. The molecule has 2 amide bonds. The number of carbonyl (C=O) groups excluding carboxylic acids is 2. The highest BCUT2D eigenvalue weighted by Crippen LogP contribution is 2.24. The summed E-state index contributed by atoms with van der Waals surface area (Å²) in [5.74, 6) is 0.0272. The predicted octanol–water partition coefficient (Wildman–Crippen LogP) is 2.74. The highest BCUT2D eigenvalue weighted by molar-refractivity contribution is 7.80. The first-order chi connectivity index (χ1) is 12.4. The quantitative estimate of drug-likeness (QED) is 0.510. The second-order valence-electron chi connectivity index (χ2n) is 6.05. The molecule has 0 atom stereocenters. The minimum absolute atomic E-state index is 0.0298. The summed E-state index contributed by atoms with van der Waals surface area (Å²) in [6.07, 6.45) is 2.33. The van der Waals surface area contributed by atoms with E-state index in [0.29, 0.717) is 17.3 Å². The van der Waals surface area contributed by atoms with E-state index < -0.39 is 11.8 Å². The van der Waals surface area contributed by atoms with Crippen molar-refractivity contribution >= 4 is 46.8 Å². The van der Waals surface area contributed by atoms with Crippen molar-refractivity contribution in [2.75, 3.05) is 23.9 Å². The van der Waals surface area contributed by atoms with E-state index in [9.17, 15) is 9.59 Å². The molecular formula is C19H19N3O3S. The summed E-state index contributed by atoms with van der Waals surface area (Å²) in [4.78, 5) is 28.3. The summed E-state index contributed by atoms with van der Waals surface area (Å²) in [5.41, 5.74) is 1.73. The van der Waals surface area contributed by atoms with Crippen LogP contribution in [0, 0.1) is 0 Å². The lowest BCUT2D eigenvalue weighted by Crippen LogP contribution is -2.54. The molecule has 26 heavy (non-hydrogen) atoms. The molecule has 1 fully saturated rings. The van der Waals surface area contributed by atoms with Crippen LogP contribution in [0.4, 0.5) is 11.6 Å². The van der Waals surface area contributed by atoms with Gasteiger partial charge in [-0.25, -0.2) is 0 Å². The average molecular weight is 369 g/mol. The second-order valence-corrected chi connectivity index (χ2v) is 6.43. The van der Waals surface area contributed by atoms with Gasteiger partial charge in [0.15, 0.2) is 11.0 Å². The van der Waals surface area contributed by atoms with Gasteiger partial charge in [0, 0.05) is 20.2 Å². The monoisotopic (exact) mass is 369 g/mol. The molecule has 0 aliphatic carbocycles. The number of aryl methyl sites for hydroxylation is 1. The first kappa shape index (κ1) is 17.9. The Balaban J connectivity index is 1.95. The van der Waals surface area contributed by atoms with E-state index in [4.69, 9.17) is 16.6 Å². The van der Waals surface area contributed by atoms with Gasteiger partial charge in [-0.1, -0.05) is 19.1 Å². The Morgan fingerprint density at radius 3 is 2.42 bits per heavy atom. The van der Waals surface area contributed by atoms with Gasteiger partial charge in [-0.3, -0.25) is 19.8 Å². The fraction of sp³-hybridized carbons (Fsp3) is 0.211. The average Bonchev–Trinajstić information content (AvgIpc) is 3.08. The van der Waals surface area contributed by atoms with E-state index in [2.05, 4.69) is 12.2 Å². The summed E-state index contributed by atoms with van der Waals surface area (Å²) in [7, 11) is 3.68. The van der Waals surface area contributed by atoms with Gasteiger partial charge >= 0.3 is 0 Å². The molecule has 0 radical (unpaired) electrons. The van der Waals surface area contributed by atoms with Gasteiger partial charge in [0.1, 0.15) is 11.3 Å². The van der Waals surface area contributed by atoms with Crippen LogP contribution in [0.1, 0.15) is 18.2 Å². The lowest BCUT2D eigenvalue weighted by Gasteiger charge is -2.28. The lowest BCUT2D eigenvalue weighted by molar-refractivity contribution is -0.122. The van der Waals surface area contributed by atoms with E-state index in [1.54, 1.807) is 17.0 Å². The van der Waals surface area contributed by atoms with Gasteiger partial charge in [-0.2, -0.15) is 0 Å². The molecular weight excluding hydrogens is 350 g/mol. The van der Waals surface area contributed by atoms with Crippen molar-refractivity contribution in [1.82, 2.24) is 5.32 Å². The molecule has 6 nitrogen and oxygen atoms in total. The number of thiocarbonyl (C=S) groups is 1. The molecule has 0 saturated carbocycles. The van der Waals surface area contributed by atoms with E-state index in [0.717, 1.165) is 12.0 Å². The minimum Gasteiger partial charge on any atom is -0.441 e. The number of furan rings is 1. The third kappa shape index (κ3) is 3.39. The van der Waals surface area contributed by atoms with Gasteiger partial charge in [-0.05, 0) is 48.5 Å². The van der Waals surface area contributed by atoms with Gasteiger partial charge < -0.3 is 9.32 Å². The number of carbonyl (C=O) groups is 2. The fourth-order valence-electron chi connectivity index (χ4n) is 2.58. The molecule has 1 aliphatic heterocycles. The molecule has 2 aromatic rings. The van der Waals surface area contributed by atoms with Crippen LogP contribution in [0.25, 0.3) is 6.08 Å². The van der Waals surface area contributed by atoms with Crippen molar-refractivity contribution in [1.29, 1.82) is 0 Å². The number of amides is 2. The minimum atomic E-state index is -0.538. The maximum atomic E-state index is 12.9. The number of rotatable bonds is 4. The van der Waals surface area contributed by atoms with Crippen LogP contribution >= 0.6 is 12.2 Å². The van der Waals surface area contributed by atoms with Crippen LogP contribution in [0.2, 0.25) is 0 Å². The number of anilines is 2. The zero-order chi connectivity index (χ0) is 18.8. The highest BCUT2D eigenvalue weighted by atomic mass is 32.1. The molecule has 0 spiro atoms. The normalized spacial score (nSPS) is 16.2. The molecule has 1 saturated heterocycles. The zero-order valence-corrected chi connectivity index (χ0v) is 15.6. The first-order valence-electron chi connectivity index (χ1n) is 8.18. The van der Waals surface area contributed by atoms with Gasteiger partial charge in [0.05, 0.1) is 5.69 Å². The largest absolute Gasteiger partial charge is 0.441 e. The molecule has 0 unspecified atom stereocenters. The van der Waals surface area contributed by atoms with Crippen molar-refractivity contribution in [3.05, 3.63) is 53.3 Å². The molecule has 7 heteroatoms. The maximum absolute atomic E-state index is 12.9. The van der Waals surface area contributed by atoms with Crippen LogP contribution in [-0.2, 0) is 16.0 Å². The summed E-state index contributed by atoms with van der Waals surface area (Å²) in [5, 5.41) is 2.63. The molecule has 1 aromatic carbocycles. The summed E-state index contributed by atoms with van der Waals surface area (Å²) < 4.78 is 5.61. The molecule has 1 N–H and O–H groups in total. The number of nitrogens with zero attached hydrogens (tertiary/aromatic N) is 2. The van der Waals surface area contributed by atoms with Crippen LogP contribution < -0.4 is 15.1 Å². The van der Waals surface area contributed by atoms with Crippen LogP contribution in [0.15, 0.2) is 46.4 Å². The Hall–Kier alpha value is -2.93. The van der Waals surface area contributed by atoms with Crippen molar-refractivity contribution in [3.8, 4) is 0 Å². The van der Waals surface area contributed by atoms with Crippen molar-refractivity contribution in [2.24, 2.45) is 0 Å². The van der Waals surface area contributed by atoms with Crippen LogP contribution in [0.5, 0.6) is 0 Å². The highest BCUT2D eigenvalue weighted by Gasteiger charge is 2.34. The molecule has 134 valence electrons. The van der Waals surface area contributed by atoms with Crippen molar-refractivity contribution in [2.45, 2.75) is 13.3 Å². The summed E-state index contributed by atoms with van der Waals surface area (Å²) in [6.45, 7) is 2.05. The van der Waals surface area contributed by atoms with E-state index in [1.165, 1.54) is 11.0 Å². The summed E-state index contributed by atoms with van der Waals surface area (Å²) >= 11 is 5.20. The Kier molecular flexibility index (Phi) is 4.90. The topological polar surface area (TPSA) is 65.8 Å². The molecule has 0 bridgehead atoms.